The molecule has 1 heterocycles. The van der Waals surface area contributed by atoms with Gasteiger partial charge in [-0.3, -0.25) is 0 Å². The largest absolute Gasteiger partial charge is 0.389 e. The summed E-state index contributed by atoms with van der Waals surface area (Å²) >= 11 is 0. The van der Waals surface area contributed by atoms with Gasteiger partial charge >= 0.3 is 0 Å². The van der Waals surface area contributed by atoms with Crippen LogP contribution in [0.5, 0.6) is 0 Å². The van der Waals surface area contributed by atoms with Crippen molar-refractivity contribution in [3.8, 4) is 0 Å². The zero-order valence-corrected chi connectivity index (χ0v) is 12.1. The lowest BCUT2D eigenvalue weighted by atomic mass is 9.94. The number of hydrogen-bond acceptors (Lipinski definition) is 3. The molecular formula is C14H27N3O. The topological polar surface area (TPSA) is 50.1 Å². The van der Waals surface area contributed by atoms with Crippen molar-refractivity contribution in [1.82, 2.24) is 14.9 Å². The van der Waals surface area contributed by atoms with E-state index in [2.05, 4.69) is 35.6 Å². The number of rotatable bonds is 8. The molecule has 0 aliphatic heterocycles. The van der Waals surface area contributed by atoms with Gasteiger partial charge in [0.05, 0.1) is 17.6 Å². The minimum absolute atomic E-state index is 0.507. The molecule has 18 heavy (non-hydrogen) atoms. The summed E-state index contributed by atoms with van der Waals surface area (Å²) in [6.07, 6.45) is 5.68. The van der Waals surface area contributed by atoms with Gasteiger partial charge in [0.1, 0.15) is 0 Å². The maximum Gasteiger partial charge on any atom is 0.0948 e. The Morgan fingerprint density at radius 3 is 2.83 bits per heavy atom. The van der Waals surface area contributed by atoms with E-state index in [4.69, 9.17) is 0 Å². The summed E-state index contributed by atoms with van der Waals surface area (Å²) in [4.78, 5) is 4.16. The van der Waals surface area contributed by atoms with Crippen molar-refractivity contribution in [1.29, 1.82) is 0 Å². The fourth-order valence-electron chi connectivity index (χ4n) is 2.35. The molecule has 0 aromatic carbocycles. The van der Waals surface area contributed by atoms with Gasteiger partial charge in [-0.25, -0.2) is 4.98 Å². The third-order valence-electron chi connectivity index (χ3n) is 2.92. The van der Waals surface area contributed by atoms with Gasteiger partial charge in [0.25, 0.3) is 0 Å². The molecule has 1 aromatic heterocycles. The van der Waals surface area contributed by atoms with Crippen molar-refractivity contribution in [2.45, 2.75) is 59.2 Å². The fourth-order valence-corrected chi connectivity index (χ4v) is 2.35. The molecule has 0 spiro atoms. The second-order valence-electron chi connectivity index (χ2n) is 5.78. The van der Waals surface area contributed by atoms with Crippen LogP contribution in [-0.2, 0) is 13.1 Å². The van der Waals surface area contributed by atoms with Gasteiger partial charge in [0.2, 0.25) is 0 Å². The zero-order chi connectivity index (χ0) is 13.6. The lowest BCUT2D eigenvalue weighted by Crippen LogP contribution is -2.38. The minimum atomic E-state index is -0.635. The Bertz CT molecular complexity index is 345. The van der Waals surface area contributed by atoms with Crippen LogP contribution in [0.2, 0.25) is 0 Å². The van der Waals surface area contributed by atoms with Crippen molar-refractivity contribution >= 4 is 0 Å². The molecule has 1 atom stereocenters. The van der Waals surface area contributed by atoms with Gasteiger partial charge in [-0.05, 0) is 25.7 Å². The first-order valence-corrected chi connectivity index (χ1v) is 6.86. The van der Waals surface area contributed by atoms with Gasteiger partial charge in [0, 0.05) is 25.8 Å². The van der Waals surface area contributed by atoms with E-state index in [9.17, 15) is 5.11 Å². The summed E-state index contributed by atoms with van der Waals surface area (Å²) in [5, 5.41) is 13.5. The Morgan fingerprint density at radius 1 is 1.50 bits per heavy atom. The predicted octanol–water partition coefficient (Wildman–Crippen LogP) is 2.18. The smallest absolute Gasteiger partial charge is 0.0948 e. The molecule has 0 aliphatic carbocycles. The first-order valence-electron chi connectivity index (χ1n) is 6.86. The maximum absolute atomic E-state index is 10.2. The van der Waals surface area contributed by atoms with Gasteiger partial charge in [-0.2, -0.15) is 0 Å². The highest BCUT2D eigenvalue weighted by molar-refractivity contribution is 4.98. The van der Waals surface area contributed by atoms with Crippen LogP contribution in [0.3, 0.4) is 0 Å². The third-order valence-corrected chi connectivity index (χ3v) is 2.92. The summed E-state index contributed by atoms with van der Waals surface area (Å²) in [7, 11) is 0. The molecule has 0 bridgehead atoms. The van der Waals surface area contributed by atoms with Crippen LogP contribution >= 0.6 is 0 Å². The number of nitrogens with zero attached hydrogens (tertiary/aromatic N) is 2. The standard InChI is InChI=1S/C14H27N3O/c1-5-6-17-11-16-9-13(17)8-15-10-14(4,18)7-12(2)3/h9,11-12,15,18H,5-8,10H2,1-4H3. The SMILES string of the molecule is CCCn1cncc1CNCC(C)(O)CC(C)C. The summed E-state index contributed by atoms with van der Waals surface area (Å²) in [6.45, 7) is 10.7. The molecule has 104 valence electrons. The molecule has 1 rings (SSSR count). The van der Waals surface area contributed by atoms with Gasteiger partial charge < -0.3 is 15.0 Å². The van der Waals surface area contributed by atoms with Crippen molar-refractivity contribution in [3.05, 3.63) is 18.2 Å². The van der Waals surface area contributed by atoms with Crippen LogP contribution in [-0.4, -0.2) is 26.8 Å². The van der Waals surface area contributed by atoms with Crippen LogP contribution in [0.25, 0.3) is 0 Å². The molecule has 1 unspecified atom stereocenters. The molecular weight excluding hydrogens is 226 g/mol. The highest BCUT2D eigenvalue weighted by atomic mass is 16.3. The van der Waals surface area contributed by atoms with Crippen LogP contribution in [0.4, 0.5) is 0 Å². The molecule has 1 aromatic rings. The molecule has 4 nitrogen and oxygen atoms in total. The molecule has 0 saturated heterocycles. The Morgan fingerprint density at radius 2 is 2.22 bits per heavy atom. The first kappa shape index (κ1) is 15.2. The number of hydrogen-bond donors (Lipinski definition) is 2. The van der Waals surface area contributed by atoms with E-state index in [1.54, 1.807) is 0 Å². The van der Waals surface area contributed by atoms with E-state index >= 15 is 0 Å². The van der Waals surface area contributed by atoms with E-state index < -0.39 is 5.60 Å². The number of aryl methyl sites for hydroxylation is 1. The Balaban J connectivity index is 2.39. The molecule has 0 fully saturated rings. The lowest BCUT2D eigenvalue weighted by Gasteiger charge is -2.25. The normalized spacial score (nSPS) is 15.0. The fraction of sp³-hybridized carbons (Fsp3) is 0.786. The van der Waals surface area contributed by atoms with E-state index in [1.165, 1.54) is 5.69 Å². The van der Waals surface area contributed by atoms with Crippen LogP contribution in [0.15, 0.2) is 12.5 Å². The van der Waals surface area contributed by atoms with Crippen LogP contribution in [0.1, 0.15) is 46.2 Å². The van der Waals surface area contributed by atoms with E-state index in [0.29, 0.717) is 12.5 Å². The maximum atomic E-state index is 10.2. The predicted molar refractivity (Wildman–Crippen MR) is 74.3 cm³/mol. The molecule has 0 aliphatic rings. The minimum Gasteiger partial charge on any atom is -0.389 e. The summed E-state index contributed by atoms with van der Waals surface area (Å²) in [5.41, 5.74) is 0.543. The van der Waals surface area contributed by atoms with Gasteiger partial charge in [0.15, 0.2) is 0 Å². The Hall–Kier alpha value is -0.870. The second kappa shape index (κ2) is 6.90. The van der Waals surface area contributed by atoms with Crippen molar-refractivity contribution in [2.24, 2.45) is 5.92 Å². The monoisotopic (exact) mass is 253 g/mol. The Labute approximate surface area is 110 Å². The van der Waals surface area contributed by atoms with E-state index in [-0.39, 0.29) is 0 Å². The second-order valence-corrected chi connectivity index (χ2v) is 5.78. The van der Waals surface area contributed by atoms with Crippen molar-refractivity contribution in [3.63, 3.8) is 0 Å². The average Bonchev–Trinajstić information content (AvgIpc) is 2.64. The van der Waals surface area contributed by atoms with Crippen LogP contribution < -0.4 is 5.32 Å². The van der Waals surface area contributed by atoms with Crippen LogP contribution in [0, 0.1) is 5.92 Å². The highest BCUT2D eigenvalue weighted by Crippen LogP contribution is 2.15. The van der Waals surface area contributed by atoms with Crippen molar-refractivity contribution < 1.29 is 5.11 Å². The molecule has 4 heteroatoms. The van der Waals surface area contributed by atoms with Gasteiger partial charge in [-0.15, -0.1) is 0 Å². The third kappa shape index (κ3) is 5.19. The van der Waals surface area contributed by atoms with E-state index in [1.807, 2.05) is 19.4 Å². The van der Waals surface area contributed by atoms with Gasteiger partial charge in [-0.1, -0.05) is 20.8 Å². The quantitative estimate of drug-likeness (QED) is 0.746. The molecule has 0 saturated carbocycles. The first-order chi connectivity index (χ1) is 8.44. The number of nitrogens with one attached hydrogen (secondary N) is 1. The summed E-state index contributed by atoms with van der Waals surface area (Å²) < 4.78 is 2.16. The number of aliphatic hydroxyl groups is 1. The number of aromatic nitrogens is 2. The highest BCUT2D eigenvalue weighted by Gasteiger charge is 2.21. The van der Waals surface area contributed by atoms with Crippen molar-refractivity contribution in [2.75, 3.05) is 6.54 Å². The summed E-state index contributed by atoms with van der Waals surface area (Å²) in [5.74, 6) is 0.507. The lowest BCUT2D eigenvalue weighted by molar-refractivity contribution is 0.0382. The average molecular weight is 253 g/mol. The molecule has 0 amide bonds. The summed E-state index contributed by atoms with van der Waals surface area (Å²) in [6, 6.07) is 0. The van der Waals surface area contributed by atoms with E-state index in [0.717, 1.165) is 25.9 Å². The number of imidazole rings is 1. The Kier molecular flexibility index (Phi) is 5.82. The zero-order valence-electron chi connectivity index (χ0n) is 12.1. The molecule has 2 N–H and O–H groups in total. The molecule has 0 radical (unpaired) electrons.